The first-order valence-electron chi connectivity index (χ1n) is 5.76. The number of carbonyl (C=O) groups excluding carboxylic acids is 1. The molecule has 2 nitrogen and oxygen atoms in total. The van der Waals surface area contributed by atoms with E-state index >= 15 is 0 Å². The van der Waals surface area contributed by atoms with E-state index < -0.39 is 0 Å². The largest absolute Gasteiger partial charge is 0.507 e. The van der Waals surface area contributed by atoms with Gasteiger partial charge in [0.25, 0.3) is 0 Å². The zero-order chi connectivity index (χ0) is 13.3. The van der Waals surface area contributed by atoms with Crippen molar-refractivity contribution in [1.82, 2.24) is 0 Å². The number of carbonyl (C=O) groups is 1. The molecule has 0 atom stereocenters. The van der Waals surface area contributed by atoms with E-state index in [0.29, 0.717) is 0 Å². The van der Waals surface area contributed by atoms with Crippen molar-refractivity contribution in [3.8, 4) is 0 Å². The van der Waals surface area contributed by atoms with Crippen LogP contribution >= 0.6 is 0 Å². The highest BCUT2D eigenvalue weighted by molar-refractivity contribution is 5.94. The predicted octanol–water partition coefficient (Wildman–Crippen LogP) is 3.72. The van der Waals surface area contributed by atoms with Crippen LogP contribution in [-0.2, 0) is 4.79 Å². The number of rotatable bonds is 2. The lowest BCUT2D eigenvalue weighted by molar-refractivity contribution is -0.112. The van der Waals surface area contributed by atoms with Gasteiger partial charge in [0, 0.05) is 11.6 Å². The summed E-state index contributed by atoms with van der Waals surface area (Å²) in [7, 11) is 0. The third kappa shape index (κ3) is 2.41. The molecule has 0 aromatic heterocycles. The summed E-state index contributed by atoms with van der Waals surface area (Å²) in [4.78, 5) is 11.1. The molecule has 0 aliphatic heterocycles. The molecule has 2 heteroatoms. The monoisotopic (exact) mass is 232 g/mol. The number of ketones is 1. The first-order chi connectivity index (χ1) is 7.77. The highest BCUT2D eigenvalue weighted by Crippen LogP contribution is 2.29. The second-order valence-corrected chi connectivity index (χ2v) is 4.64. The summed E-state index contributed by atoms with van der Waals surface area (Å²) in [5, 5.41) is 10.0. The van der Waals surface area contributed by atoms with Crippen LogP contribution in [0, 0.1) is 34.6 Å². The Labute approximate surface area is 103 Å². The Morgan fingerprint density at radius 3 is 1.59 bits per heavy atom. The van der Waals surface area contributed by atoms with Gasteiger partial charge in [-0.05, 0) is 69.4 Å². The van der Waals surface area contributed by atoms with Gasteiger partial charge < -0.3 is 5.11 Å². The van der Waals surface area contributed by atoms with Crippen LogP contribution in [0.5, 0.6) is 0 Å². The molecule has 0 saturated heterocycles. The fourth-order valence-corrected chi connectivity index (χ4v) is 2.15. The molecule has 0 amide bonds. The molecule has 0 heterocycles. The van der Waals surface area contributed by atoms with Crippen LogP contribution in [0.25, 0.3) is 5.76 Å². The van der Waals surface area contributed by atoms with Gasteiger partial charge in [0.2, 0.25) is 0 Å². The highest BCUT2D eigenvalue weighted by atomic mass is 16.3. The van der Waals surface area contributed by atoms with Gasteiger partial charge in [0.15, 0.2) is 5.78 Å². The topological polar surface area (TPSA) is 37.3 Å². The predicted molar refractivity (Wildman–Crippen MR) is 71.4 cm³/mol. The van der Waals surface area contributed by atoms with E-state index in [1.54, 1.807) is 0 Å². The average Bonchev–Trinajstić information content (AvgIpc) is 2.23. The molecule has 92 valence electrons. The first kappa shape index (κ1) is 13.5. The van der Waals surface area contributed by atoms with Gasteiger partial charge in [-0.2, -0.15) is 0 Å². The maximum Gasteiger partial charge on any atom is 0.156 e. The van der Waals surface area contributed by atoms with Gasteiger partial charge >= 0.3 is 0 Å². The molecule has 0 spiro atoms. The normalized spacial score (nSPS) is 11.8. The molecule has 0 aliphatic rings. The lowest BCUT2D eigenvalue weighted by atomic mass is 9.88. The molecular formula is C15H20O2. The van der Waals surface area contributed by atoms with E-state index in [4.69, 9.17) is 0 Å². The van der Waals surface area contributed by atoms with Crippen LogP contribution in [0.3, 0.4) is 0 Å². The quantitative estimate of drug-likeness (QED) is 0.623. The zero-order valence-electron chi connectivity index (χ0n) is 11.4. The van der Waals surface area contributed by atoms with Crippen LogP contribution in [0.4, 0.5) is 0 Å². The lowest BCUT2D eigenvalue weighted by Gasteiger charge is -2.18. The first-order valence-corrected chi connectivity index (χ1v) is 5.76. The summed E-state index contributed by atoms with van der Waals surface area (Å²) < 4.78 is 0. The smallest absolute Gasteiger partial charge is 0.156 e. The fourth-order valence-electron chi connectivity index (χ4n) is 2.15. The van der Waals surface area contributed by atoms with E-state index in [0.717, 1.165) is 16.7 Å². The van der Waals surface area contributed by atoms with Crippen molar-refractivity contribution < 1.29 is 9.90 Å². The van der Waals surface area contributed by atoms with Crippen molar-refractivity contribution in [2.45, 2.75) is 41.5 Å². The van der Waals surface area contributed by atoms with Crippen molar-refractivity contribution in [3.05, 3.63) is 39.5 Å². The van der Waals surface area contributed by atoms with Gasteiger partial charge in [-0.15, -0.1) is 0 Å². The summed E-state index contributed by atoms with van der Waals surface area (Å²) in [5.74, 6) is -0.0733. The highest BCUT2D eigenvalue weighted by Gasteiger charge is 2.15. The van der Waals surface area contributed by atoms with Crippen LogP contribution < -0.4 is 0 Å². The third-order valence-corrected chi connectivity index (χ3v) is 3.60. The molecule has 0 fully saturated rings. The van der Waals surface area contributed by atoms with Crippen LogP contribution in [0.2, 0.25) is 0 Å². The van der Waals surface area contributed by atoms with Crippen molar-refractivity contribution in [2.24, 2.45) is 0 Å². The number of aliphatic hydroxyl groups is 1. The summed E-state index contributed by atoms with van der Waals surface area (Å²) in [6.07, 6.45) is 1.28. The molecule has 1 N–H and O–H groups in total. The van der Waals surface area contributed by atoms with Crippen LogP contribution in [0.1, 0.15) is 40.3 Å². The van der Waals surface area contributed by atoms with E-state index in [-0.39, 0.29) is 11.5 Å². The summed E-state index contributed by atoms with van der Waals surface area (Å²) in [6, 6.07) is 0. The maximum absolute atomic E-state index is 11.1. The number of hydrogen-bond donors (Lipinski definition) is 1. The summed E-state index contributed by atoms with van der Waals surface area (Å²) >= 11 is 0. The van der Waals surface area contributed by atoms with Gasteiger partial charge in [0.05, 0.1) is 0 Å². The Balaban J connectivity index is 3.61. The van der Waals surface area contributed by atoms with Gasteiger partial charge in [-0.1, -0.05) is 0 Å². The number of allylic oxidation sites excluding steroid dienone is 1. The number of aliphatic hydroxyl groups excluding tert-OH is 1. The molecule has 17 heavy (non-hydrogen) atoms. The third-order valence-electron chi connectivity index (χ3n) is 3.60. The maximum atomic E-state index is 11.1. The second-order valence-electron chi connectivity index (χ2n) is 4.64. The van der Waals surface area contributed by atoms with Crippen molar-refractivity contribution in [2.75, 3.05) is 0 Å². The van der Waals surface area contributed by atoms with E-state index in [2.05, 4.69) is 6.92 Å². The molecule has 0 unspecified atom stereocenters. The molecule has 0 radical (unpaired) electrons. The second kappa shape index (κ2) is 4.74. The SMILES string of the molecule is CC(=O)C=C(O)c1c(C)c(C)c(C)c(C)c1C. The Morgan fingerprint density at radius 2 is 1.24 bits per heavy atom. The molecule has 0 saturated carbocycles. The van der Waals surface area contributed by atoms with E-state index in [1.807, 2.05) is 27.7 Å². The van der Waals surface area contributed by atoms with E-state index in [1.165, 1.54) is 29.7 Å². The minimum absolute atomic E-state index is 0.0682. The van der Waals surface area contributed by atoms with E-state index in [9.17, 15) is 9.90 Å². The van der Waals surface area contributed by atoms with Crippen molar-refractivity contribution in [3.63, 3.8) is 0 Å². The zero-order valence-corrected chi connectivity index (χ0v) is 11.4. The average molecular weight is 232 g/mol. The molecule has 0 bridgehead atoms. The molecule has 1 aromatic rings. The van der Waals surface area contributed by atoms with Crippen molar-refractivity contribution in [1.29, 1.82) is 0 Å². The summed E-state index contributed by atoms with van der Waals surface area (Å²) in [6.45, 7) is 11.6. The standard InChI is InChI=1S/C15H20O2/c1-8(16)7-14(17)15-12(5)10(3)9(2)11(4)13(15)6/h7,17H,1-6H3. The lowest BCUT2D eigenvalue weighted by Crippen LogP contribution is -2.03. The van der Waals surface area contributed by atoms with Gasteiger partial charge in [-0.3, -0.25) is 4.79 Å². The van der Waals surface area contributed by atoms with Crippen molar-refractivity contribution >= 4 is 11.5 Å². The molecular weight excluding hydrogens is 212 g/mol. The van der Waals surface area contributed by atoms with Crippen LogP contribution in [0.15, 0.2) is 6.08 Å². The number of hydrogen-bond acceptors (Lipinski definition) is 2. The summed E-state index contributed by atoms with van der Waals surface area (Å²) in [5.41, 5.74) is 6.47. The number of benzene rings is 1. The Hall–Kier alpha value is -1.57. The minimum atomic E-state index is -0.141. The Morgan fingerprint density at radius 1 is 0.882 bits per heavy atom. The Bertz CT molecular complexity index is 479. The van der Waals surface area contributed by atoms with Crippen LogP contribution in [-0.4, -0.2) is 10.9 Å². The van der Waals surface area contributed by atoms with Gasteiger partial charge in [0.1, 0.15) is 5.76 Å². The molecule has 0 aliphatic carbocycles. The Kier molecular flexibility index (Phi) is 3.76. The minimum Gasteiger partial charge on any atom is -0.507 e. The van der Waals surface area contributed by atoms with Gasteiger partial charge in [-0.25, -0.2) is 0 Å². The molecule has 1 rings (SSSR count). The molecule has 1 aromatic carbocycles. The fraction of sp³-hybridized carbons (Fsp3) is 0.400.